The minimum Gasteiger partial charge on any atom is -0.343 e. The molecule has 0 unspecified atom stereocenters. The Balaban J connectivity index is 2.26. The summed E-state index contributed by atoms with van der Waals surface area (Å²) in [7, 11) is 1.73. The molecular formula is C16H20N4O. The second-order valence-electron chi connectivity index (χ2n) is 5.08. The van der Waals surface area contributed by atoms with Crippen molar-refractivity contribution in [1.29, 1.82) is 5.26 Å². The zero-order valence-electron chi connectivity index (χ0n) is 12.5. The Bertz CT molecular complexity index is 668. The number of amides is 1. The number of carbonyl (C=O) groups excluding carboxylic acids is 1. The summed E-state index contributed by atoms with van der Waals surface area (Å²) in [6, 6.07) is 9.93. The van der Waals surface area contributed by atoms with E-state index in [0.29, 0.717) is 13.0 Å². The molecule has 110 valence electrons. The minimum absolute atomic E-state index is 0.00533. The van der Waals surface area contributed by atoms with Crippen molar-refractivity contribution in [3.63, 3.8) is 0 Å². The number of aryl methyl sites for hydroxylation is 1. The lowest BCUT2D eigenvalue weighted by molar-refractivity contribution is -0.130. The van der Waals surface area contributed by atoms with Crippen molar-refractivity contribution in [3.05, 3.63) is 30.1 Å². The van der Waals surface area contributed by atoms with Gasteiger partial charge in [0.1, 0.15) is 12.4 Å². The number of imidazole rings is 1. The molecule has 5 nitrogen and oxygen atoms in total. The Hall–Kier alpha value is -2.35. The molecule has 0 spiro atoms. The van der Waals surface area contributed by atoms with Gasteiger partial charge in [0.05, 0.1) is 23.5 Å². The Morgan fingerprint density at radius 1 is 1.43 bits per heavy atom. The fraction of sp³-hybridized carbons (Fsp3) is 0.438. The molecule has 2 rings (SSSR count). The first kappa shape index (κ1) is 15.0. The van der Waals surface area contributed by atoms with E-state index in [-0.39, 0.29) is 12.5 Å². The van der Waals surface area contributed by atoms with E-state index in [0.717, 1.165) is 29.7 Å². The summed E-state index contributed by atoms with van der Waals surface area (Å²) in [6.07, 6.45) is 2.19. The number of para-hydroxylation sites is 2. The van der Waals surface area contributed by atoms with Gasteiger partial charge in [0.2, 0.25) is 5.91 Å². The molecule has 0 aliphatic carbocycles. The molecule has 0 saturated heterocycles. The number of hydrogen-bond donors (Lipinski definition) is 0. The molecule has 2 aromatic rings. The van der Waals surface area contributed by atoms with Gasteiger partial charge in [-0.1, -0.05) is 19.1 Å². The molecule has 0 atom stereocenters. The fourth-order valence-corrected chi connectivity index (χ4v) is 2.31. The van der Waals surface area contributed by atoms with Crippen LogP contribution in [0.5, 0.6) is 0 Å². The van der Waals surface area contributed by atoms with E-state index in [2.05, 4.69) is 18.0 Å². The van der Waals surface area contributed by atoms with Crippen LogP contribution in [-0.2, 0) is 17.8 Å². The molecule has 0 N–H and O–H groups in total. The predicted octanol–water partition coefficient (Wildman–Crippen LogP) is 2.36. The van der Waals surface area contributed by atoms with Crippen LogP contribution >= 0.6 is 0 Å². The van der Waals surface area contributed by atoms with Crippen LogP contribution in [0, 0.1) is 11.3 Å². The molecule has 0 radical (unpaired) electrons. The van der Waals surface area contributed by atoms with Crippen molar-refractivity contribution in [2.75, 3.05) is 13.6 Å². The van der Waals surface area contributed by atoms with Gasteiger partial charge in [0, 0.05) is 20.0 Å². The van der Waals surface area contributed by atoms with Gasteiger partial charge in [-0.2, -0.15) is 5.26 Å². The zero-order valence-corrected chi connectivity index (χ0v) is 12.5. The van der Waals surface area contributed by atoms with Crippen LogP contribution in [-0.4, -0.2) is 34.0 Å². The molecule has 0 fully saturated rings. The molecule has 1 heterocycles. The van der Waals surface area contributed by atoms with Crippen molar-refractivity contribution >= 4 is 16.9 Å². The number of aromatic nitrogens is 2. The maximum Gasteiger partial charge on any atom is 0.242 e. The highest BCUT2D eigenvalue weighted by Gasteiger charge is 2.15. The smallest absolute Gasteiger partial charge is 0.242 e. The van der Waals surface area contributed by atoms with Gasteiger partial charge in [-0.05, 0) is 18.6 Å². The van der Waals surface area contributed by atoms with Gasteiger partial charge in [-0.3, -0.25) is 4.79 Å². The van der Waals surface area contributed by atoms with Crippen molar-refractivity contribution in [2.45, 2.75) is 32.7 Å². The monoisotopic (exact) mass is 284 g/mol. The molecule has 0 bridgehead atoms. The van der Waals surface area contributed by atoms with Crippen molar-refractivity contribution in [3.8, 4) is 6.07 Å². The Kier molecular flexibility index (Phi) is 4.94. The van der Waals surface area contributed by atoms with Gasteiger partial charge in [0.15, 0.2) is 0 Å². The van der Waals surface area contributed by atoms with Gasteiger partial charge >= 0.3 is 0 Å². The highest BCUT2D eigenvalue weighted by atomic mass is 16.2. The molecule has 0 saturated carbocycles. The van der Waals surface area contributed by atoms with E-state index in [1.807, 2.05) is 28.8 Å². The third kappa shape index (κ3) is 3.40. The zero-order chi connectivity index (χ0) is 15.2. The number of rotatable bonds is 6. The second-order valence-corrected chi connectivity index (χ2v) is 5.08. The third-order valence-electron chi connectivity index (χ3n) is 3.49. The first-order chi connectivity index (χ1) is 10.2. The highest BCUT2D eigenvalue weighted by molar-refractivity contribution is 5.81. The Labute approximate surface area is 124 Å². The van der Waals surface area contributed by atoms with Gasteiger partial charge in [-0.15, -0.1) is 0 Å². The number of hydrogen-bond acceptors (Lipinski definition) is 3. The second kappa shape index (κ2) is 6.89. The fourth-order valence-electron chi connectivity index (χ4n) is 2.31. The van der Waals surface area contributed by atoms with Gasteiger partial charge in [-0.25, -0.2) is 4.98 Å². The lowest BCUT2D eigenvalue weighted by Crippen LogP contribution is -2.31. The standard InChI is InChI=1S/C16H20N4O/c1-3-7-15-18-13-8-4-5-9-14(13)20(15)12-16(21)19(2)11-6-10-17/h4-5,8-9H,3,6-7,11-12H2,1-2H3. The predicted molar refractivity (Wildman–Crippen MR) is 81.6 cm³/mol. The van der Waals surface area contributed by atoms with E-state index in [4.69, 9.17) is 5.26 Å². The summed E-state index contributed by atoms with van der Waals surface area (Å²) in [6.45, 7) is 2.84. The van der Waals surface area contributed by atoms with Gasteiger partial charge < -0.3 is 9.47 Å². The third-order valence-corrected chi connectivity index (χ3v) is 3.49. The minimum atomic E-state index is 0.00533. The molecular weight excluding hydrogens is 264 g/mol. The van der Waals surface area contributed by atoms with Crippen LogP contribution in [0.15, 0.2) is 24.3 Å². The van der Waals surface area contributed by atoms with Gasteiger partial charge in [0.25, 0.3) is 0 Å². The molecule has 1 amide bonds. The topological polar surface area (TPSA) is 61.9 Å². The Morgan fingerprint density at radius 3 is 2.90 bits per heavy atom. The van der Waals surface area contributed by atoms with E-state index in [1.165, 1.54) is 0 Å². The molecule has 21 heavy (non-hydrogen) atoms. The summed E-state index contributed by atoms with van der Waals surface area (Å²) in [5.41, 5.74) is 1.91. The van der Waals surface area contributed by atoms with Crippen LogP contribution in [0.3, 0.4) is 0 Å². The first-order valence-corrected chi connectivity index (χ1v) is 7.22. The molecule has 5 heteroatoms. The quantitative estimate of drug-likeness (QED) is 0.818. The number of likely N-dealkylation sites (N-methyl/N-ethyl adjacent to an activating group) is 1. The molecule has 1 aromatic carbocycles. The van der Waals surface area contributed by atoms with Crippen molar-refractivity contribution in [2.24, 2.45) is 0 Å². The van der Waals surface area contributed by atoms with E-state index in [9.17, 15) is 4.79 Å². The lowest BCUT2D eigenvalue weighted by atomic mass is 10.3. The summed E-state index contributed by atoms with van der Waals surface area (Å²) in [5, 5.41) is 8.61. The average molecular weight is 284 g/mol. The Morgan fingerprint density at radius 2 is 2.19 bits per heavy atom. The van der Waals surface area contributed by atoms with Crippen LogP contribution in [0.4, 0.5) is 0 Å². The maximum atomic E-state index is 12.3. The van der Waals surface area contributed by atoms with Crippen LogP contribution in [0.2, 0.25) is 0 Å². The number of benzene rings is 1. The molecule has 0 aliphatic heterocycles. The SMILES string of the molecule is CCCc1nc2ccccc2n1CC(=O)N(C)CCC#N. The van der Waals surface area contributed by atoms with Crippen LogP contribution < -0.4 is 0 Å². The number of carbonyl (C=O) groups is 1. The summed E-state index contributed by atoms with van der Waals surface area (Å²) >= 11 is 0. The maximum absolute atomic E-state index is 12.3. The molecule has 1 aromatic heterocycles. The first-order valence-electron chi connectivity index (χ1n) is 7.22. The number of nitriles is 1. The van der Waals surface area contributed by atoms with Crippen molar-refractivity contribution in [1.82, 2.24) is 14.5 Å². The van der Waals surface area contributed by atoms with E-state index >= 15 is 0 Å². The number of nitrogens with zero attached hydrogens (tertiary/aromatic N) is 4. The largest absolute Gasteiger partial charge is 0.343 e. The van der Waals surface area contributed by atoms with Crippen LogP contribution in [0.1, 0.15) is 25.6 Å². The normalized spacial score (nSPS) is 10.5. The number of fused-ring (bicyclic) bond motifs is 1. The molecule has 0 aliphatic rings. The van der Waals surface area contributed by atoms with Crippen LogP contribution in [0.25, 0.3) is 11.0 Å². The summed E-state index contributed by atoms with van der Waals surface area (Å²) < 4.78 is 1.99. The highest BCUT2D eigenvalue weighted by Crippen LogP contribution is 2.17. The van der Waals surface area contributed by atoms with E-state index in [1.54, 1.807) is 11.9 Å². The summed E-state index contributed by atoms with van der Waals surface area (Å²) in [5.74, 6) is 0.950. The average Bonchev–Trinajstić information content (AvgIpc) is 2.83. The summed E-state index contributed by atoms with van der Waals surface area (Å²) in [4.78, 5) is 18.5. The van der Waals surface area contributed by atoms with E-state index < -0.39 is 0 Å². The van der Waals surface area contributed by atoms with Crippen molar-refractivity contribution < 1.29 is 4.79 Å². The lowest BCUT2D eigenvalue weighted by Gasteiger charge is -2.17.